The molecule has 1 rings (SSSR count). The van der Waals surface area contributed by atoms with Crippen LogP contribution in [0, 0.1) is 0 Å². The van der Waals surface area contributed by atoms with Gasteiger partial charge in [0.05, 0.1) is 13.0 Å². The van der Waals surface area contributed by atoms with Crippen molar-refractivity contribution in [1.82, 2.24) is 0 Å². The summed E-state index contributed by atoms with van der Waals surface area (Å²) in [5.74, 6) is -0.103. The van der Waals surface area contributed by atoms with Crippen molar-refractivity contribution < 1.29 is 9.53 Å². The number of hydrogen-bond donors (Lipinski definition) is 0. The first-order valence-electron chi connectivity index (χ1n) is 5.51. The minimum Gasteiger partial charge on any atom is -0.465 e. The molecule has 0 bridgehead atoms. The highest BCUT2D eigenvalue weighted by Crippen LogP contribution is 2.09. The molecule has 0 aliphatic carbocycles. The first kappa shape index (κ1) is 12.2. The Morgan fingerprint density at radius 3 is 2.93 bits per heavy atom. The van der Waals surface area contributed by atoms with Gasteiger partial charge in [-0.15, -0.1) is 11.3 Å². The van der Waals surface area contributed by atoms with Crippen LogP contribution in [0.2, 0.25) is 0 Å². The monoisotopic (exact) mass is 226 g/mol. The molecule has 0 saturated heterocycles. The molecule has 0 unspecified atom stereocenters. The van der Waals surface area contributed by atoms with Crippen molar-refractivity contribution in [3.05, 3.63) is 22.4 Å². The highest BCUT2D eigenvalue weighted by Gasteiger charge is 2.04. The minimum atomic E-state index is -0.103. The van der Waals surface area contributed by atoms with Crippen LogP contribution < -0.4 is 0 Å². The Hall–Kier alpha value is -0.830. The van der Waals surface area contributed by atoms with E-state index >= 15 is 0 Å². The van der Waals surface area contributed by atoms with Gasteiger partial charge in [-0.25, -0.2) is 0 Å². The van der Waals surface area contributed by atoms with Gasteiger partial charge in [-0.1, -0.05) is 32.3 Å². The summed E-state index contributed by atoms with van der Waals surface area (Å²) in [7, 11) is 0. The number of unbranched alkanes of at least 4 members (excludes halogenated alkanes) is 3. The highest BCUT2D eigenvalue weighted by molar-refractivity contribution is 7.10. The number of ether oxygens (including phenoxy) is 1. The molecule has 0 radical (unpaired) electrons. The fourth-order valence-electron chi connectivity index (χ4n) is 1.32. The second-order valence-corrected chi connectivity index (χ2v) is 4.57. The number of rotatable bonds is 7. The third-order valence-corrected chi connectivity index (χ3v) is 3.04. The zero-order valence-corrected chi connectivity index (χ0v) is 10.0. The number of esters is 1. The van der Waals surface area contributed by atoms with Crippen molar-refractivity contribution in [3.8, 4) is 0 Å². The summed E-state index contributed by atoms with van der Waals surface area (Å²) in [4.78, 5) is 12.4. The lowest BCUT2D eigenvalue weighted by Gasteiger charge is -2.03. The van der Waals surface area contributed by atoms with Gasteiger partial charge in [-0.3, -0.25) is 4.79 Å². The average molecular weight is 226 g/mol. The van der Waals surface area contributed by atoms with E-state index in [1.165, 1.54) is 12.8 Å². The summed E-state index contributed by atoms with van der Waals surface area (Å²) in [5.41, 5.74) is 0. The van der Waals surface area contributed by atoms with Crippen LogP contribution in [-0.4, -0.2) is 12.6 Å². The van der Waals surface area contributed by atoms with Crippen molar-refractivity contribution >= 4 is 17.3 Å². The van der Waals surface area contributed by atoms with Crippen molar-refractivity contribution in [2.24, 2.45) is 0 Å². The Morgan fingerprint density at radius 1 is 1.40 bits per heavy atom. The fraction of sp³-hybridized carbons (Fsp3) is 0.583. The molecule has 0 fully saturated rings. The molecule has 0 N–H and O–H groups in total. The van der Waals surface area contributed by atoms with E-state index in [4.69, 9.17) is 4.74 Å². The quantitative estimate of drug-likeness (QED) is 0.526. The molecular weight excluding hydrogens is 208 g/mol. The van der Waals surface area contributed by atoms with Crippen LogP contribution in [0.1, 0.15) is 37.5 Å². The third kappa shape index (κ3) is 5.57. The lowest BCUT2D eigenvalue weighted by Crippen LogP contribution is -2.08. The number of thiophene rings is 1. The van der Waals surface area contributed by atoms with Crippen molar-refractivity contribution in [1.29, 1.82) is 0 Å². The summed E-state index contributed by atoms with van der Waals surface area (Å²) in [6.45, 7) is 2.74. The van der Waals surface area contributed by atoms with Gasteiger partial charge in [0.2, 0.25) is 0 Å². The number of hydrogen-bond acceptors (Lipinski definition) is 3. The van der Waals surface area contributed by atoms with Gasteiger partial charge in [0, 0.05) is 4.88 Å². The summed E-state index contributed by atoms with van der Waals surface area (Å²) < 4.78 is 5.13. The van der Waals surface area contributed by atoms with E-state index in [0.717, 1.165) is 17.7 Å². The molecule has 0 spiro atoms. The Balaban J connectivity index is 2.04. The molecule has 2 nitrogen and oxygen atoms in total. The molecule has 0 saturated carbocycles. The SMILES string of the molecule is CCCCCCOC(=O)Cc1cccs1. The van der Waals surface area contributed by atoms with E-state index in [0.29, 0.717) is 13.0 Å². The molecular formula is C12H18O2S. The van der Waals surface area contributed by atoms with Crippen LogP contribution in [0.5, 0.6) is 0 Å². The van der Waals surface area contributed by atoms with Gasteiger partial charge < -0.3 is 4.74 Å². The standard InChI is InChI=1S/C12H18O2S/c1-2-3-4-5-8-14-12(13)10-11-7-6-9-15-11/h6-7,9H,2-5,8,10H2,1H3. The maximum absolute atomic E-state index is 11.3. The van der Waals surface area contributed by atoms with Gasteiger partial charge in [0.1, 0.15) is 0 Å². The van der Waals surface area contributed by atoms with E-state index in [1.807, 2.05) is 17.5 Å². The summed E-state index contributed by atoms with van der Waals surface area (Å²) >= 11 is 1.60. The van der Waals surface area contributed by atoms with E-state index in [1.54, 1.807) is 11.3 Å². The third-order valence-electron chi connectivity index (χ3n) is 2.16. The number of carbonyl (C=O) groups is 1. The van der Waals surface area contributed by atoms with Gasteiger partial charge in [-0.05, 0) is 17.9 Å². The summed E-state index contributed by atoms with van der Waals surface area (Å²) in [6.07, 6.45) is 5.00. The van der Waals surface area contributed by atoms with Crippen LogP contribution >= 0.6 is 11.3 Å². The van der Waals surface area contributed by atoms with Crippen LogP contribution in [-0.2, 0) is 16.0 Å². The average Bonchev–Trinajstić information content (AvgIpc) is 2.70. The Morgan fingerprint density at radius 2 is 2.27 bits per heavy atom. The molecule has 0 aliphatic heterocycles. The summed E-state index contributed by atoms with van der Waals surface area (Å²) in [6, 6.07) is 3.91. The normalized spacial score (nSPS) is 10.2. The van der Waals surface area contributed by atoms with Gasteiger partial charge in [0.25, 0.3) is 0 Å². The maximum Gasteiger partial charge on any atom is 0.311 e. The molecule has 1 heterocycles. The molecule has 0 atom stereocenters. The molecule has 0 aromatic carbocycles. The van der Waals surface area contributed by atoms with Crippen molar-refractivity contribution in [2.45, 2.75) is 39.0 Å². The second-order valence-electron chi connectivity index (χ2n) is 3.54. The van der Waals surface area contributed by atoms with Crippen molar-refractivity contribution in [2.75, 3.05) is 6.61 Å². The topological polar surface area (TPSA) is 26.3 Å². The lowest BCUT2D eigenvalue weighted by molar-refractivity contribution is -0.142. The Bertz CT molecular complexity index is 267. The van der Waals surface area contributed by atoms with Gasteiger partial charge in [0.15, 0.2) is 0 Å². The van der Waals surface area contributed by atoms with Crippen LogP contribution in [0.4, 0.5) is 0 Å². The molecule has 3 heteroatoms. The lowest BCUT2D eigenvalue weighted by atomic mass is 10.2. The van der Waals surface area contributed by atoms with Crippen molar-refractivity contribution in [3.63, 3.8) is 0 Å². The van der Waals surface area contributed by atoms with Gasteiger partial charge in [-0.2, -0.15) is 0 Å². The fourth-order valence-corrected chi connectivity index (χ4v) is 2.01. The molecule has 1 aromatic heterocycles. The predicted octanol–water partition coefficient (Wildman–Crippen LogP) is 3.41. The predicted molar refractivity (Wildman–Crippen MR) is 63.1 cm³/mol. The maximum atomic E-state index is 11.3. The largest absolute Gasteiger partial charge is 0.465 e. The first-order valence-corrected chi connectivity index (χ1v) is 6.39. The molecule has 1 aromatic rings. The highest BCUT2D eigenvalue weighted by atomic mass is 32.1. The smallest absolute Gasteiger partial charge is 0.311 e. The number of carbonyl (C=O) groups excluding carboxylic acids is 1. The first-order chi connectivity index (χ1) is 7.33. The van der Waals surface area contributed by atoms with Crippen LogP contribution in [0.3, 0.4) is 0 Å². The zero-order chi connectivity index (χ0) is 10.9. The van der Waals surface area contributed by atoms with E-state index < -0.39 is 0 Å². The Kier molecular flexibility index (Phi) is 6.09. The zero-order valence-electron chi connectivity index (χ0n) is 9.20. The van der Waals surface area contributed by atoms with Crippen LogP contribution in [0.25, 0.3) is 0 Å². The summed E-state index contributed by atoms with van der Waals surface area (Å²) in [5, 5.41) is 1.98. The van der Waals surface area contributed by atoms with E-state index in [9.17, 15) is 4.79 Å². The second kappa shape index (κ2) is 7.46. The Labute approximate surface area is 95.3 Å². The molecule has 0 aliphatic rings. The van der Waals surface area contributed by atoms with Crippen LogP contribution in [0.15, 0.2) is 17.5 Å². The minimum absolute atomic E-state index is 0.103. The van der Waals surface area contributed by atoms with E-state index in [2.05, 4.69) is 6.92 Å². The van der Waals surface area contributed by atoms with E-state index in [-0.39, 0.29) is 5.97 Å². The molecule has 15 heavy (non-hydrogen) atoms. The molecule has 84 valence electrons. The van der Waals surface area contributed by atoms with Gasteiger partial charge >= 0.3 is 5.97 Å². The molecule has 0 amide bonds.